The smallest absolute Gasteiger partial charge is 0.311 e. The maximum absolute atomic E-state index is 11.9. The van der Waals surface area contributed by atoms with Gasteiger partial charge in [0.1, 0.15) is 0 Å². The normalized spacial score (nSPS) is 23.4. The third-order valence-corrected chi connectivity index (χ3v) is 3.48. The molecular formula is C15H21NO2. The lowest BCUT2D eigenvalue weighted by atomic mass is 9.84. The summed E-state index contributed by atoms with van der Waals surface area (Å²) < 4.78 is 5.17. The second-order valence-electron chi connectivity index (χ2n) is 4.76. The fourth-order valence-electron chi connectivity index (χ4n) is 2.58. The zero-order valence-corrected chi connectivity index (χ0v) is 10.9. The van der Waals surface area contributed by atoms with Crippen molar-refractivity contribution in [2.45, 2.75) is 38.6 Å². The Labute approximate surface area is 109 Å². The molecule has 3 nitrogen and oxygen atoms in total. The van der Waals surface area contributed by atoms with Crippen LogP contribution in [-0.2, 0) is 9.53 Å². The highest BCUT2D eigenvalue weighted by Gasteiger charge is 2.31. The molecule has 1 aromatic rings. The Hall–Kier alpha value is -1.51. The molecule has 0 radical (unpaired) electrons. The number of anilines is 1. The Kier molecular flexibility index (Phi) is 4.62. The molecule has 1 aliphatic rings. The predicted molar refractivity (Wildman–Crippen MR) is 72.4 cm³/mol. The van der Waals surface area contributed by atoms with Crippen molar-refractivity contribution in [1.82, 2.24) is 0 Å². The molecule has 18 heavy (non-hydrogen) atoms. The summed E-state index contributed by atoms with van der Waals surface area (Å²) in [7, 11) is 0. The van der Waals surface area contributed by atoms with Crippen molar-refractivity contribution >= 4 is 11.7 Å². The number of nitrogens with one attached hydrogen (secondary N) is 1. The molecule has 0 saturated heterocycles. The van der Waals surface area contributed by atoms with Gasteiger partial charge in [0, 0.05) is 11.7 Å². The first-order valence-corrected chi connectivity index (χ1v) is 6.79. The van der Waals surface area contributed by atoms with Gasteiger partial charge in [-0.25, -0.2) is 0 Å². The molecule has 2 atom stereocenters. The van der Waals surface area contributed by atoms with Crippen LogP contribution >= 0.6 is 0 Å². The van der Waals surface area contributed by atoms with E-state index in [0.29, 0.717) is 6.61 Å². The van der Waals surface area contributed by atoms with E-state index in [9.17, 15) is 4.79 Å². The highest BCUT2D eigenvalue weighted by molar-refractivity contribution is 5.74. The number of carbonyl (C=O) groups is 1. The van der Waals surface area contributed by atoms with Crippen LogP contribution in [0, 0.1) is 5.92 Å². The van der Waals surface area contributed by atoms with Gasteiger partial charge >= 0.3 is 5.97 Å². The van der Waals surface area contributed by atoms with Gasteiger partial charge in [-0.1, -0.05) is 31.0 Å². The number of esters is 1. The molecule has 1 aliphatic carbocycles. The lowest BCUT2D eigenvalue weighted by molar-refractivity contribution is -0.149. The summed E-state index contributed by atoms with van der Waals surface area (Å²) in [4.78, 5) is 11.9. The van der Waals surface area contributed by atoms with E-state index in [2.05, 4.69) is 5.32 Å². The Balaban J connectivity index is 2.01. The lowest BCUT2D eigenvalue weighted by Crippen LogP contribution is -2.38. The second-order valence-corrected chi connectivity index (χ2v) is 4.76. The number of hydrogen-bond donors (Lipinski definition) is 1. The van der Waals surface area contributed by atoms with E-state index in [0.717, 1.165) is 24.9 Å². The number of ether oxygens (including phenoxy) is 1. The molecule has 2 rings (SSSR count). The number of rotatable bonds is 4. The summed E-state index contributed by atoms with van der Waals surface area (Å²) in [6.45, 7) is 2.33. The predicted octanol–water partition coefficient (Wildman–Crippen LogP) is 3.22. The third kappa shape index (κ3) is 3.25. The van der Waals surface area contributed by atoms with Gasteiger partial charge in [-0.3, -0.25) is 4.79 Å². The van der Waals surface area contributed by atoms with Gasteiger partial charge < -0.3 is 10.1 Å². The van der Waals surface area contributed by atoms with E-state index < -0.39 is 0 Å². The molecule has 1 aromatic carbocycles. The molecule has 1 saturated carbocycles. The fraction of sp³-hybridized carbons (Fsp3) is 0.533. The number of carbonyl (C=O) groups excluding carboxylic acids is 1. The van der Waals surface area contributed by atoms with Crippen LogP contribution in [0.1, 0.15) is 32.6 Å². The second kappa shape index (κ2) is 6.43. The third-order valence-electron chi connectivity index (χ3n) is 3.48. The molecule has 0 heterocycles. The molecular weight excluding hydrogens is 226 g/mol. The van der Waals surface area contributed by atoms with Crippen LogP contribution in [0.5, 0.6) is 0 Å². The summed E-state index contributed by atoms with van der Waals surface area (Å²) in [6, 6.07) is 10.3. The average molecular weight is 247 g/mol. The van der Waals surface area contributed by atoms with Crippen molar-refractivity contribution in [2.75, 3.05) is 11.9 Å². The Morgan fingerprint density at radius 3 is 2.72 bits per heavy atom. The van der Waals surface area contributed by atoms with E-state index in [1.165, 1.54) is 6.42 Å². The van der Waals surface area contributed by atoms with Crippen LogP contribution in [0.4, 0.5) is 5.69 Å². The van der Waals surface area contributed by atoms with Crippen molar-refractivity contribution < 1.29 is 9.53 Å². The number of hydrogen-bond acceptors (Lipinski definition) is 3. The minimum Gasteiger partial charge on any atom is -0.466 e. The topological polar surface area (TPSA) is 38.3 Å². The van der Waals surface area contributed by atoms with Crippen molar-refractivity contribution in [3.8, 4) is 0 Å². The minimum atomic E-state index is -0.0503. The quantitative estimate of drug-likeness (QED) is 0.830. The molecule has 0 amide bonds. The van der Waals surface area contributed by atoms with Crippen LogP contribution in [0.15, 0.2) is 30.3 Å². The van der Waals surface area contributed by atoms with Crippen LogP contribution < -0.4 is 5.32 Å². The molecule has 0 bridgehead atoms. The monoisotopic (exact) mass is 247 g/mol. The molecule has 1 N–H and O–H groups in total. The van der Waals surface area contributed by atoms with Gasteiger partial charge in [-0.15, -0.1) is 0 Å². The number of benzene rings is 1. The zero-order chi connectivity index (χ0) is 12.8. The lowest BCUT2D eigenvalue weighted by Gasteiger charge is -2.31. The first-order chi connectivity index (χ1) is 8.81. The maximum atomic E-state index is 11.9. The molecule has 1 fully saturated rings. The first kappa shape index (κ1) is 12.9. The summed E-state index contributed by atoms with van der Waals surface area (Å²) in [5.41, 5.74) is 1.08. The first-order valence-electron chi connectivity index (χ1n) is 6.79. The minimum absolute atomic E-state index is 0.00101. The summed E-state index contributed by atoms with van der Waals surface area (Å²) in [5, 5.41) is 3.47. The summed E-state index contributed by atoms with van der Waals surface area (Å²) in [6.07, 6.45) is 4.28. The standard InChI is InChI=1S/C15H21NO2/c1-2-18-15(17)13-10-6-7-11-14(13)16-12-8-4-3-5-9-12/h3-5,8-9,13-14,16H,2,6-7,10-11H2,1H3/t13-,14-/m1/s1. The van der Waals surface area contributed by atoms with E-state index >= 15 is 0 Å². The fourth-order valence-corrected chi connectivity index (χ4v) is 2.58. The zero-order valence-electron chi connectivity index (χ0n) is 10.9. The van der Waals surface area contributed by atoms with Crippen LogP contribution in [-0.4, -0.2) is 18.6 Å². The van der Waals surface area contributed by atoms with Gasteiger partial charge in [0.05, 0.1) is 12.5 Å². The van der Waals surface area contributed by atoms with Gasteiger partial charge in [0.15, 0.2) is 0 Å². The van der Waals surface area contributed by atoms with Crippen molar-refractivity contribution in [3.05, 3.63) is 30.3 Å². The average Bonchev–Trinajstić information content (AvgIpc) is 2.41. The van der Waals surface area contributed by atoms with Crippen molar-refractivity contribution in [2.24, 2.45) is 5.92 Å². The molecule has 3 heteroatoms. The van der Waals surface area contributed by atoms with Gasteiger partial charge in [-0.05, 0) is 31.9 Å². The largest absolute Gasteiger partial charge is 0.466 e. The van der Waals surface area contributed by atoms with Crippen LogP contribution in [0.3, 0.4) is 0 Å². The Morgan fingerprint density at radius 2 is 2.00 bits per heavy atom. The Morgan fingerprint density at radius 1 is 1.28 bits per heavy atom. The Bertz CT molecular complexity index is 377. The van der Waals surface area contributed by atoms with Gasteiger partial charge in [0.25, 0.3) is 0 Å². The van der Waals surface area contributed by atoms with E-state index in [-0.39, 0.29) is 17.9 Å². The number of para-hydroxylation sites is 1. The molecule has 0 spiro atoms. The van der Waals surface area contributed by atoms with Crippen LogP contribution in [0.25, 0.3) is 0 Å². The highest BCUT2D eigenvalue weighted by atomic mass is 16.5. The SMILES string of the molecule is CCOC(=O)[C@@H]1CCCC[C@H]1Nc1ccccc1. The molecule has 0 aromatic heterocycles. The highest BCUT2D eigenvalue weighted by Crippen LogP contribution is 2.28. The van der Waals surface area contributed by atoms with Crippen molar-refractivity contribution in [3.63, 3.8) is 0 Å². The van der Waals surface area contributed by atoms with E-state index in [4.69, 9.17) is 4.74 Å². The molecule has 0 unspecified atom stereocenters. The van der Waals surface area contributed by atoms with Crippen LogP contribution in [0.2, 0.25) is 0 Å². The maximum Gasteiger partial charge on any atom is 0.311 e. The van der Waals surface area contributed by atoms with E-state index in [1.807, 2.05) is 37.3 Å². The summed E-state index contributed by atoms with van der Waals surface area (Å²) in [5.74, 6) is -0.0514. The van der Waals surface area contributed by atoms with Crippen molar-refractivity contribution in [1.29, 1.82) is 0 Å². The van der Waals surface area contributed by atoms with Gasteiger partial charge in [-0.2, -0.15) is 0 Å². The molecule has 98 valence electrons. The molecule has 0 aliphatic heterocycles. The van der Waals surface area contributed by atoms with Gasteiger partial charge in [0.2, 0.25) is 0 Å². The van der Waals surface area contributed by atoms with E-state index in [1.54, 1.807) is 0 Å². The summed E-state index contributed by atoms with van der Waals surface area (Å²) >= 11 is 0.